The highest BCUT2D eigenvalue weighted by Gasteiger charge is 2.12. The second-order valence-electron chi connectivity index (χ2n) is 5.04. The zero-order valence-corrected chi connectivity index (χ0v) is 14.3. The van der Waals surface area contributed by atoms with Gasteiger partial charge in [-0.1, -0.05) is 29.8 Å². The maximum atomic E-state index is 11.8. The second kappa shape index (κ2) is 8.31. The minimum absolute atomic E-state index is 0.0625. The monoisotopic (exact) mass is 346 g/mol. The Hall–Kier alpha value is -2.60. The maximum Gasteiger partial charge on any atom is 0.244 e. The van der Waals surface area contributed by atoms with E-state index in [0.717, 1.165) is 5.69 Å². The van der Waals surface area contributed by atoms with E-state index in [-0.39, 0.29) is 18.4 Å². The number of benzene rings is 1. The first-order valence-corrected chi connectivity index (χ1v) is 7.94. The molecule has 6 nitrogen and oxygen atoms in total. The van der Waals surface area contributed by atoms with E-state index in [2.05, 4.69) is 15.7 Å². The molecule has 2 amide bonds. The molecular weight excluding hydrogens is 328 g/mol. The molecule has 0 saturated carbocycles. The third kappa shape index (κ3) is 4.45. The van der Waals surface area contributed by atoms with Crippen LogP contribution < -0.4 is 10.6 Å². The maximum absolute atomic E-state index is 11.8. The van der Waals surface area contributed by atoms with Crippen molar-refractivity contribution in [2.75, 3.05) is 13.1 Å². The number of para-hydroxylation sites is 1. The van der Waals surface area contributed by atoms with Gasteiger partial charge in [0.05, 0.1) is 17.9 Å². The van der Waals surface area contributed by atoms with Crippen LogP contribution in [0.15, 0.2) is 36.4 Å². The number of likely N-dealkylation sites (N-methyl/N-ethyl adjacent to an activating group) is 1. The van der Waals surface area contributed by atoms with Gasteiger partial charge < -0.3 is 10.6 Å². The van der Waals surface area contributed by atoms with Crippen molar-refractivity contribution in [3.63, 3.8) is 0 Å². The number of carbonyl (C=O) groups is 2. The highest BCUT2D eigenvalue weighted by atomic mass is 35.5. The average molecular weight is 347 g/mol. The number of aryl methyl sites for hydroxylation is 1. The Labute approximate surface area is 145 Å². The molecule has 0 fully saturated rings. The Kier molecular flexibility index (Phi) is 6.14. The number of hydrogen-bond donors (Lipinski definition) is 2. The fourth-order valence-corrected chi connectivity index (χ4v) is 2.42. The molecule has 1 heterocycles. The van der Waals surface area contributed by atoms with Crippen LogP contribution in [0.2, 0.25) is 5.15 Å². The van der Waals surface area contributed by atoms with Gasteiger partial charge in [0.1, 0.15) is 5.15 Å². The summed E-state index contributed by atoms with van der Waals surface area (Å²) in [4.78, 5) is 23.1. The molecule has 0 unspecified atom stereocenters. The van der Waals surface area contributed by atoms with E-state index in [1.54, 1.807) is 10.8 Å². The zero-order chi connectivity index (χ0) is 17.5. The van der Waals surface area contributed by atoms with Gasteiger partial charge in [-0.25, -0.2) is 4.68 Å². The predicted octanol–water partition coefficient (Wildman–Crippen LogP) is 2.10. The number of aromatic nitrogens is 2. The van der Waals surface area contributed by atoms with E-state index in [9.17, 15) is 9.59 Å². The van der Waals surface area contributed by atoms with E-state index in [1.807, 2.05) is 44.2 Å². The third-order valence-electron chi connectivity index (χ3n) is 3.25. The smallest absolute Gasteiger partial charge is 0.244 e. The highest BCUT2D eigenvalue weighted by molar-refractivity contribution is 6.31. The number of rotatable bonds is 6. The van der Waals surface area contributed by atoms with Gasteiger partial charge in [-0.15, -0.1) is 0 Å². The van der Waals surface area contributed by atoms with Crippen molar-refractivity contribution >= 4 is 29.5 Å². The molecule has 0 aliphatic carbocycles. The first-order chi connectivity index (χ1) is 11.5. The molecule has 0 spiro atoms. The molecule has 0 aliphatic rings. The summed E-state index contributed by atoms with van der Waals surface area (Å²) in [7, 11) is 0. The lowest BCUT2D eigenvalue weighted by atomic mass is 10.2. The van der Waals surface area contributed by atoms with Crippen LogP contribution in [0.5, 0.6) is 0 Å². The zero-order valence-electron chi connectivity index (χ0n) is 13.5. The van der Waals surface area contributed by atoms with Gasteiger partial charge in [-0.3, -0.25) is 9.59 Å². The first-order valence-electron chi connectivity index (χ1n) is 7.56. The minimum atomic E-state index is -0.371. The van der Waals surface area contributed by atoms with Crippen LogP contribution in [-0.2, 0) is 9.59 Å². The molecule has 24 heavy (non-hydrogen) atoms. The van der Waals surface area contributed by atoms with Crippen LogP contribution in [0.25, 0.3) is 11.8 Å². The van der Waals surface area contributed by atoms with Gasteiger partial charge in [-0.05, 0) is 32.1 Å². The Balaban J connectivity index is 2.09. The molecule has 2 aromatic rings. The standard InChI is InChI=1S/C17H19ClN4O2/c1-3-19-16(24)11-20-15(23)10-9-14-12(2)21-22(17(14)18)13-7-5-4-6-8-13/h4-10H,3,11H2,1-2H3,(H,19,24)(H,20,23)/b10-9+. The molecule has 0 aliphatic heterocycles. The predicted molar refractivity (Wildman–Crippen MR) is 94.0 cm³/mol. The summed E-state index contributed by atoms with van der Waals surface area (Å²) in [6.45, 7) is 4.09. The number of nitrogens with zero attached hydrogens (tertiary/aromatic N) is 2. The molecule has 1 aromatic carbocycles. The lowest BCUT2D eigenvalue weighted by Gasteiger charge is -2.02. The summed E-state index contributed by atoms with van der Waals surface area (Å²) in [5.41, 5.74) is 2.20. The molecule has 1 aromatic heterocycles. The van der Waals surface area contributed by atoms with E-state index < -0.39 is 0 Å². The first kappa shape index (κ1) is 17.7. The summed E-state index contributed by atoms with van der Waals surface area (Å²) < 4.78 is 1.61. The van der Waals surface area contributed by atoms with Crippen molar-refractivity contribution < 1.29 is 9.59 Å². The minimum Gasteiger partial charge on any atom is -0.355 e. The quantitative estimate of drug-likeness (QED) is 0.786. The Morgan fingerprint density at radius 3 is 2.62 bits per heavy atom. The molecule has 0 radical (unpaired) electrons. The molecule has 0 bridgehead atoms. The van der Waals surface area contributed by atoms with Gasteiger partial charge >= 0.3 is 0 Å². The number of carbonyl (C=O) groups excluding carboxylic acids is 2. The molecule has 126 valence electrons. The molecule has 2 rings (SSSR count). The van der Waals surface area contributed by atoms with Crippen LogP contribution in [-0.4, -0.2) is 34.7 Å². The Morgan fingerprint density at radius 1 is 1.25 bits per heavy atom. The van der Waals surface area contributed by atoms with Crippen molar-refractivity contribution in [2.45, 2.75) is 13.8 Å². The second-order valence-corrected chi connectivity index (χ2v) is 5.40. The van der Waals surface area contributed by atoms with E-state index in [0.29, 0.717) is 23.0 Å². The van der Waals surface area contributed by atoms with Crippen LogP contribution >= 0.6 is 11.6 Å². The normalized spacial score (nSPS) is 10.8. The lowest BCUT2D eigenvalue weighted by molar-refractivity contribution is -0.123. The number of amides is 2. The van der Waals surface area contributed by atoms with Crippen molar-refractivity contribution in [3.8, 4) is 5.69 Å². The number of nitrogens with one attached hydrogen (secondary N) is 2. The summed E-state index contributed by atoms with van der Waals surface area (Å²) in [6.07, 6.45) is 2.93. The van der Waals surface area contributed by atoms with E-state index in [4.69, 9.17) is 11.6 Å². The third-order valence-corrected chi connectivity index (χ3v) is 3.61. The SMILES string of the molecule is CCNC(=O)CNC(=O)/C=C/c1c(C)nn(-c2ccccc2)c1Cl. The van der Waals surface area contributed by atoms with Crippen LogP contribution in [0.3, 0.4) is 0 Å². The molecule has 7 heteroatoms. The Bertz CT molecular complexity index is 753. The fourth-order valence-electron chi connectivity index (χ4n) is 2.09. The van der Waals surface area contributed by atoms with Crippen molar-refractivity contribution in [3.05, 3.63) is 52.8 Å². The fraction of sp³-hybridized carbons (Fsp3) is 0.235. The molecule has 0 saturated heterocycles. The van der Waals surface area contributed by atoms with E-state index >= 15 is 0 Å². The lowest BCUT2D eigenvalue weighted by Crippen LogP contribution is -2.35. The van der Waals surface area contributed by atoms with Crippen LogP contribution in [0, 0.1) is 6.92 Å². The Morgan fingerprint density at radius 2 is 1.96 bits per heavy atom. The largest absolute Gasteiger partial charge is 0.355 e. The molecular formula is C17H19ClN4O2. The van der Waals surface area contributed by atoms with E-state index in [1.165, 1.54) is 6.08 Å². The average Bonchev–Trinajstić information content (AvgIpc) is 2.86. The molecule has 0 atom stereocenters. The highest BCUT2D eigenvalue weighted by Crippen LogP contribution is 2.24. The van der Waals surface area contributed by atoms with Crippen molar-refractivity contribution in [2.24, 2.45) is 0 Å². The van der Waals surface area contributed by atoms with Gasteiger partial charge in [-0.2, -0.15) is 5.10 Å². The number of halogens is 1. The van der Waals surface area contributed by atoms with Crippen LogP contribution in [0.4, 0.5) is 0 Å². The summed E-state index contributed by atoms with van der Waals surface area (Å²) in [5.74, 6) is -0.602. The van der Waals surface area contributed by atoms with Gasteiger partial charge in [0.15, 0.2) is 0 Å². The topological polar surface area (TPSA) is 76.0 Å². The number of hydrogen-bond acceptors (Lipinski definition) is 3. The van der Waals surface area contributed by atoms with Crippen LogP contribution in [0.1, 0.15) is 18.2 Å². The van der Waals surface area contributed by atoms with Gasteiger partial charge in [0.25, 0.3) is 0 Å². The van der Waals surface area contributed by atoms with Crippen molar-refractivity contribution in [1.29, 1.82) is 0 Å². The summed E-state index contributed by atoms with van der Waals surface area (Å²) >= 11 is 6.37. The molecule has 2 N–H and O–H groups in total. The van der Waals surface area contributed by atoms with Gasteiger partial charge in [0, 0.05) is 18.2 Å². The summed E-state index contributed by atoms with van der Waals surface area (Å²) in [6, 6.07) is 9.49. The van der Waals surface area contributed by atoms with Crippen molar-refractivity contribution in [1.82, 2.24) is 20.4 Å². The summed E-state index contributed by atoms with van der Waals surface area (Å²) in [5, 5.41) is 9.93. The van der Waals surface area contributed by atoms with Gasteiger partial charge in [0.2, 0.25) is 11.8 Å².